The molecule has 0 saturated carbocycles. The Labute approximate surface area is 203 Å². The molecule has 9 heteroatoms. The Hall–Kier alpha value is -3.43. The van der Waals surface area contributed by atoms with Crippen LogP contribution in [0.4, 0.5) is 4.79 Å². The summed E-state index contributed by atoms with van der Waals surface area (Å²) >= 11 is 0. The molecule has 2 aromatic carbocycles. The van der Waals surface area contributed by atoms with Crippen molar-refractivity contribution < 1.29 is 33.7 Å². The third-order valence-corrected chi connectivity index (χ3v) is 7.19. The summed E-state index contributed by atoms with van der Waals surface area (Å²) in [6.07, 6.45) is -1.07. The summed E-state index contributed by atoms with van der Waals surface area (Å²) in [6, 6.07) is 15.0. The maximum Gasteiger partial charge on any atom is 0.407 e. The summed E-state index contributed by atoms with van der Waals surface area (Å²) in [5.74, 6) is -2.24. The highest BCUT2D eigenvalue weighted by Gasteiger charge is 2.44. The average Bonchev–Trinajstić information content (AvgIpc) is 3.60. The lowest BCUT2D eigenvalue weighted by Crippen LogP contribution is -2.53. The molecule has 2 aliphatic heterocycles. The van der Waals surface area contributed by atoms with E-state index < -0.39 is 36.2 Å². The Morgan fingerprint density at radius 1 is 1.06 bits per heavy atom. The van der Waals surface area contributed by atoms with Gasteiger partial charge >= 0.3 is 12.1 Å². The number of nitrogens with zero attached hydrogens (tertiary/aromatic N) is 1. The number of carbonyl (C=O) groups excluding carboxylic acids is 2. The van der Waals surface area contributed by atoms with E-state index in [0.29, 0.717) is 13.0 Å². The van der Waals surface area contributed by atoms with E-state index in [1.54, 1.807) is 7.05 Å². The number of rotatable bonds is 6. The molecule has 35 heavy (non-hydrogen) atoms. The molecule has 0 spiro atoms. The van der Waals surface area contributed by atoms with E-state index in [2.05, 4.69) is 17.4 Å². The van der Waals surface area contributed by atoms with Crippen LogP contribution >= 0.6 is 0 Å². The van der Waals surface area contributed by atoms with Crippen molar-refractivity contribution in [3.63, 3.8) is 0 Å². The highest BCUT2D eigenvalue weighted by atomic mass is 16.6. The number of carboxylic acids is 1. The Kier molecular flexibility index (Phi) is 6.44. The van der Waals surface area contributed by atoms with E-state index in [4.69, 9.17) is 14.2 Å². The molecule has 2 heterocycles. The molecule has 0 aromatic heterocycles. The minimum absolute atomic E-state index is 0.0601. The van der Waals surface area contributed by atoms with Crippen molar-refractivity contribution in [3.05, 3.63) is 59.7 Å². The number of benzene rings is 2. The zero-order chi connectivity index (χ0) is 24.5. The quantitative estimate of drug-likeness (QED) is 0.652. The minimum atomic E-state index is -1.01. The van der Waals surface area contributed by atoms with Crippen molar-refractivity contribution in [1.82, 2.24) is 10.2 Å². The maximum atomic E-state index is 13.1. The number of hydrogen-bond donors (Lipinski definition) is 2. The zero-order valence-electron chi connectivity index (χ0n) is 19.4. The zero-order valence-corrected chi connectivity index (χ0v) is 19.4. The molecule has 5 rings (SSSR count). The summed E-state index contributed by atoms with van der Waals surface area (Å²) in [6.45, 7) is 0.689. The first-order chi connectivity index (χ1) is 17.0. The molecular weight excluding hydrogens is 452 g/mol. The number of alkyl carbamates (subject to hydrolysis) is 1. The fourth-order valence-corrected chi connectivity index (χ4v) is 5.30. The number of carbonyl (C=O) groups is 3. The molecule has 0 bridgehead atoms. The van der Waals surface area contributed by atoms with E-state index in [1.807, 2.05) is 36.4 Å². The van der Waals surface area contributed by atoms with Gasteiger partial charge in [-0.2, -0.15) is 0 Å². The van der Waals surface area contributed by atoms with Crippen LogP contribution < -0.4 is 5.32 Å². The third kappa shape index (κ3) is 4.37. The van der Waals surface area contributed by atoms with E-state index in [0.717, 1.165) is 22.3 Å². The second-order valence-electron chi connectivity index (χ2n) is 9.16. The van der Waals surface area contributed by atoms with Gasteiger partial charge in [-0.05, 0) is 28.7 Å². The topological polar surface area (TPSA) is 114 Å². The second kappa shape index (κ2) is 9.67. The van der Waals surface area contributed by atoms with E-state index in [1.165, 1.54) is 4.90 Å². The number of amides is 2. The smallest absolute Gasteiger partial charge is 0.407 e. The maximum absolute atomic E-state index is 13.1. The molecule has 2 N–H and O–H groups in total. The fraction of sp³-hybridized carbons (Fsp3) is 0.423. The Morgan fingerprint density at radius 2 is 1.71 bits per heavy atom. The predicted molar refractivity (Wildman–Crippen MR) is 125 cm³/mol. The number of hydrogen-bond acceptors (Lipinski definition) is 6. The van der Waals surface area contributed by atoms with Gasteiger partial charge in [0.25, 0.3) is 5.91 Å². The Balaban J connectivity index is 1.21. The highest BCUT2D eigenvalue weighted by Crippen LogP contribution is 2.44. The van der Waals surface area contributed by atoms with Crippen LogP contribution in [0.2, 0.25) is 0 Å². The normalized spacial score (nSPS) is 25.1. The van der Waals surface area contributed by atoms with Crippen LogP contribution in [-0.2, 0) is 23.8 Å². The van der Waals surface area contributed by atoms with Crippen LogP contribution in [0.15, 0.2) is 48.5 Å². The van der Waals surface area contributed by atoms with Crippen molar-refractivity contribution in [2.45, 2.75) is 30.5 Å². The number of carboxylic acid groups (broad SMARTS) is 1. The molecule has 3 aliphatic rings. The molecule has 0 radical (unpaired) electrons. The van der Waals surface area contributed by atoms with Gasteiger partial charge in [0.2, 0.25) is 0 Å². The summed E-state index contributed by atoms with van der Waals surface area (Å²) < 4.78 is 16.5. The minimum Gasteiger partial charge on any atom is -0.481 e. The fourth-order valence-electron chi connectivity index (χ4n) is 5.30. The van der Waals surface area contributed by atoms with Crippen molar-refractivity contribution in [1.29, 1.82) is 0 Å². The first kappa shape index (κ1) is 23.3. The molecule has 2 unspecified atom stereocenters. The highest BCUT2D eigenvalue weighted by molar-refractivity contribution is 5.84. The third-order valence-electron chi connectivity index (χ3n) is 7.19. The van der Waals surface area contributed by atoms with Crippen LogP contribution in [0.1, 0.15) is 23.5 Å². The van der Waals surface area contributed by atoms with Crippen molar-refractivity contribution in [2.75, 3.05) is 33.5 Å². The Bertz CT molecular complexity index is 1090. The summed E-state index contributed by atoms with van der Waals surface area (Å²) in [7, 11) is 1.55. The van der Waals surface area contributed by atoms with Gasteiger partial charge in [-0.15, -0.1) is 0 Å². The van der Waals surface area contributed by atoms with Gasteiger partial charge < -0.3 is 29.5 Å². The molecule has 184 valence electrons. The molecular formula is C26H28N2O7. The van der Waals surface area contributed by atoms with Gasteiger partial charge in [0, 0.05) is 19.6 Å². The standard InChI is InChI=1S/C26H28N2O7/c1-28(22-14-33-12-20(22)25(30)31)24(29)23-21(10-11-34-23)27-26(32)35-13-19-17-8-4-2-6-15(17)16-7-3-5-9-18(16)19/h2-9,19-23H,10-14H2,1H3,(H,27,32)(H,30,31)/t20?,21-,22?,23+/m1/s1. The molecule has 2 amide bonds. The lowest BCUT2D eigenvalue weighted by atomic mass is 9.98. The van der Waals surface area contributed by atoms with Crippen LogP contribution in [0, 0.1) is 5.92 Å². The number of fused-ring (bicyclic) bond motifs is 3. The first-order valence-electron chi connectivity index (χ1n) is 11.8. The van der Waals surface area contributed by atoms with E-state index in [9.17, 15) is 19.5 Å². The van der Waals surface area contributed by atoms with E-state index in [-0.39, 0.29) is 31.6 Å². The number of likely N-dealkylation sites (N-methyl/N-ethyl adjacent to an activating group) is 1. The van der Waals surface area contributed by atoms with Crippen molar-refractivity contribution in [3.8, 4) is 11.1 Å². The first-order valence-corrected chi connectivity index (χ1v) is 11.8. The van der Waals surface area contributed by atoms with Crippen molar-refractivity contribution >= 4 is 18.0 Å². The van der Waals surface area contributed by atoms with Gasteiger partial charge in [-0.25, -0.2) is 4.79 Å². The van der Waals surface area contributed by atoms with Gasteiger partial charge in [-0.3, -0.25) is 9.59 Å². The summed E-state index contributed by atoms with van der Waals surface area (Å²) in [5, 5.41) is 12.2. The van der Waals surface area contributed by atoms with Gasteiger partial charge in [0.1, 0.15) is 12.5 Å². The lowest BCUT2D eigenvalue weighted by Gasteiger charge is -2.30. The van der Waals surface area contributed by atoms with Crippen LogP contribution in [-0.4, -0.2) is 79.6 Å². The molecule has 9 nitrogen and oxygen atoms in total. The molecule has 2 fully saturated rings. The lowest BCUT2D eigenvalue weighted by molar-refractivity contribution is -0.147. The molecule has 2 saturated heterocycles. The second-order valence-corrected chi connectivity index (χ2v) is 9.16. The summed E-state index contributed by atoms with van der Waals surface area (Å²) in [4.78, 5) is 38.6. The summed E-state index contributed by atoms with van der Waals surface area (Å²) in [5.41, 5.74) is 4.52. The van der Waals surface area contributed by atoms with E-state index >= 15 is 0 Å². The van der Waals surface area contributed by atoms with Crippen LogP contribution in [0.3, 0.4) is 0 Å². The molecule has 2 aromatic rings. The van der Waals surface area contributed by atoms with Gasteiger partial charge in [0.05, 0.1) is 25.3 Å². The predicted octanol–water partition coefficient (Wildman–Crippen LogP) is 2.24. The average molecular weight is 481 g/mol. The van der Waals surface area contributed by atoms with Crippen molar-refractivity contribution in [2.24, 2.45) is 5.92 Å². The van der Waals surface area contributed by atoms with Gasteiger partial charge in [-0.1, -0.05) is 48.5 Å². The SMILES string of the molecule is CN(C(=O)[C@H]1OCC[C@H]1NC(=O)OCC1c2ccccc2-c2ccccc21)C1COCC1C(=O)O. The Morgan fingerprint density at radius 3 is 2.37 bits per heavy atom. The molecule has 4 atom stereocenters. The number of ether oxygens (including phenoxy) is 3. The number of aliphatic carboxylic acids is 1. The molecule has 1 aliphatic carbocycles. The largest absolute Gasteiger partial charge is 0.481 e. The number of nitrogens with one attached hydrogen (secondary N) is 1. The monoisotopic (exact) mass is 480 g/mol. The van der Waals surface area contributed by atoms with Gasteiger partial charge in [0.15, 0.2) is 6.10 Å². The van der Waals surface area contributed by atoms with Crippen LogP contribution in [0.5, 0.6) is 0 Å². The van der Waals surface area contributed by atoms with Crippen LogP contribution in [0.25, 0.3) is 11.1 Å².